The first-order valence-corrected chi connectivity index (χ1v) is 6.66. The van der Waals surface area contributed by atoms with Crippen molar-refractivity contribution in [1.82, 2.24) is 5.32 Å². The molecule has 1 saturated carbocycles. The Hall–Kier alpha value is -1.55. The van der Waals surface area contributed by atoms with Crippen LogP contribution in [0, 0.1) is 12.3 Å². The van der Waals surface area contributed by atoms with E-state index in [1.54, 1.807) is 7.11 Å². The smallest absolute Gasteiger partial charge is 0.310 e. The zero-order valence-corrected chi connectivity index (χ0v) is 11.5. The number of methoxy groups -OCH3 is 1. The van der Waals surface area contributed by atoms with E-state index in [2.05, 4.69) is 5.32 Å². The molecule has 4 nitrogen and oxygen atoms in total. The van der Waals surface area contributed by atoms with Crippen LogP contribution in [0.25, 0.3) is 0 Å². The van der Waals surface area contributed by atoms with Gasteiger partial charge in [0, 0.05) is 13.1 Å². The van der Waals surface area contributed by atoms with Crippen molar-refractivity contribution in [3.05, 3.63) is 29.3 Å². The fourth-order valence-corrected chi connectivity index (χ4v) is 2.58. The highest BCUT2D eigenvalue weighted by Crippen LogP contribution is 2.40. The second-order valence-corrected chi connectivity index (χ2v) is 5.29. The standard InChI is InChI=1S/C15H21NO3/c1-11-12(5-3-6-13(11)19-2)9-16-10-15(14(17)18)7-4-8-15/h3,5-6,16H,4,7-10H2,1-2H3,(H,17,18). The van der Waals surface area contributed by atoms with Crippen molar-refractivity contribution in [2.45, 2.75) is 32.7 Å². The Morgan fingerprint density at radius 1 is 1.47 bits per heavy atom. The third kappa shape index (κ3) is 2.73. The van der Waals surface area contributed by atoms with Crippen molar-refractivity contribution in [1.29, 1.82) is 0 Å². The van der Waals surface area contributed by atoms with E-state index in [-0.39, 0.29) is 0 Å². The van der Waals surface area contributed by atoms with E-state index in [4.69, 9.17) is 4.74 Å². The lowest BCUT2D eigenvalue weighted by atomic mass is 9.69. The van der Waals surface area contributed by atoms with Gasteiger partial charge in [-0.3, -0.25) is 4.79 Å². The Bertz CT molecular complexity index is 466. The van der Waals surface area contributed by atoms with Crippen LogP contribution < -0.4 is 10.1 Å². The molecule has 2 rings (SSSR count). The van der Waals surface area contributed by atoms with Crippen molar-refractivity contribution >= 4 is 5.97 Å². The topological polar surface area (TPSA) is 58.6 Å². The van der Waals surface area contributed by atoms with Gasteiger partial charge in [0.1, 0.15) is 5.75 Å². The van der Waals surface area contributed by atoms with Gasteiger partial charge in [-0.05, 0) is 37.0 Å². The average molecular weight is 263 g/mol. The van der Waals surface area contributed by atoms with Crippen LogP contribution in [0.3, 0.4) is 0 Å². The molecule has 2 N–H and O–H groups in total. The number of carboxylic acids is 1. The Kier molecular flexibility index (Phi) is 4.10. The van der Waals surface area contributed by atoms with Crippen LogP contribution in [-0.4, -0.2) is 24.7 Å². The quantitative estimate of drug-likeness (QED) is 0.827. The maximum absolute atomic E-state index is 11.3. The number of hydrogen-bond donors (Lipinski definition) is 2. The highest BCUT2D eigenvalue weighted by Gasteiger charge is 2.43. The Morgan fingerprint density at radius 2 is 2.21 bits per heavy atom. The summed E-state index contributed by atoms with van der Waals surface area (Å²) in [6.45, 7) is 3.24. The van der Waals surface area contributed by atoms with E-state index in [1.165, 1.54) is 0 Å². The van der Waals surface area contributed by atoms with Gasteiger partial charge in [0.25, 0.3) is 0 Å². The summed E-state index contributed by atoms with van der Waals surface area (Å²) in [6, 6.07) is 5.93. The van der Waals surface area contributed by atoms with Crippen molar-refractivity contribution in [3.8, 4) is 5.75 Å². The molecule has 0 bridgehead atoms. The number of ether oxygens (including phenoxy) is 1. The van der Waals surface area contributed by atoms with Crippen LogP contribution in [0.1, 0.15) is 30.4 Å². The number of rotatable bonds is 6. The molecule has 0 radical (unpaired) electrons. The van der Waals surface area contributed by atoms with Crippen LogP contribution in [-0.2, 0) is 11.3 Å². The summed E-state index contributed by atoms with van der Waals surface area (Å²) in [6.07, 6.45) is 2.59. The van der Waals surface area contributed by atoms with Crippen molar-refractivity contribution < 1.29 is 14.6 Å². The molecule has 0 saturated heterocycles. The number of aliphatic carboxylic acids is 1. The molecule has 1 fully saturated rings. The first-order valence-electron chi connectivity index (χ1n) is 6.66. The molecular formula is C15H21NO3. The van der Waals surface area contributed by atoms with Crippen LogP contribution in [0.15, 0.2) is 18.2 Å². The van der Waals surface area contributed by atoms with Gasteiger partial charge in [0.05, 0.1) is 12.5 Å². The van der Waals surface area contributed by atoms with Gasteiger partial charge in [-0.1, -0.05) is 18.6 Å². The summed E-state index contributed by atoms with van der Waals surface area (Å²) in [7, 11) is 1.66. The predicted octanol–water partition coefficient (Wildman–Crippen LogP) is 2.35. The molecule has 1 aliphatic rings. The van der Waals surface area contributed by atoms with Crippen LogP contribution in [0.4, 0.5) is 0 Å². The normalized spacial score (nSPS) is 16.7. The SMILES string of the molecule is COc1cccc(CNCC2(C(=O)O)CCC2)c1C. The number of carbonyl (C=O) groups is 1. The molecule has 1 aromatic rings. The van der Waals surface area contributed by atoms with Crippen LogP contribution >= 0.6 is 0 Å². The average Bonchev–Trinajstić information content (AvgIpc) is 2.34. The minimum Gasteiger partial charge on any atom is -0.496 e. The highest BCUT2D eigenvalue weighted by atomic mass is 16.5. The molecule has 0 spiro atoms. The van der Waals surface area contributed by atoms with E-state index >= 15 is 0 Å². The maximum atomic E-state index is 11.3. The third-order valence-electron chi connectivity index (χ3n) is 4.16. The summed E-state index contributed by atoms with van der Waals surface area (Å²) in [4.78, 5) is 11.3. The molecular weight excluding hydrogens is 242 g/mol. The monoisotopic (exact) mass is 263 g/mol. The van der Waals surface area contributed by atoms with E-state index < -0.39 is 11.4 Å². The van der Waals surface area contributed by atoms with Gasteiger partial charge < -0.3 is 15.2 Å². The summed E-state index contributed by atoms with van der Waals surface area (Å²) >= 11 is 0. The van der Waals surface area contributed by atoms with Crippen LogP contribution in [0.5, 0.6) is 5.75 Å². The second-order valence-electron chi connectivity index (χ2n) is 5.29. The van der Waals surface area contributed by atoms with Crippen molar-refractivity contribution in [2.24, 2.45) is 5.41 Å². The van der Waals surface area contributed by atoms with E-state index in [0.29, 0.717) is 13.1 Å². The Balaban J connectivity index is 1.94. The van der Waals surface area contributed by atoms with E-state index in [1.807, 2.05) is 25.1 Å². The summed E-state index contributed by atoms with van der Waals surface area (Å²) in [5, 5.41) is 12.5. The third-order valence-corrected chi connectivity index (χ3v) is 4.16. The van der Waals surface area contributed by atoms with Gasteiger partial charge >= 0.3 is 5.97 Å². The predicted molar refractivity (Wildman–Crippen MR) is 73.4 cm³/mol. The lowest BCUT2D eigenvalue weighted by molar-refractivity contribution is -0.154. The lowest BCUT2D eigenvalue weighted by Gasteiger charge is -2.37. The van der Waals surface area contributed by atoms with Gasteiger partial charge in [-0.2, -0.15) is 0 Å². The minimum absolute atomic E-state index is 0.535. The molecule has 0 atom stereocenters. The molecule has 0 aromatic heterocycles. The molecule has 0 unspecified atom stereocenters. The van der Waals surface area contributed by atoms with E-state index in [9.17, 15) is 9.90 Å². The molecule has 0 heterocycles. The molecule has 1 aliphatic carbocycles. The Labute approximate surface area is 113 Å². The summed E-state index contributed by atoms with van der Waals surface area (Å²) in [5.41, 5.74) is 1.72. The summed E-state index contributed by atoms with van der Waals surface area (Å²) < 4.78 is 5.28. The number of hydrogen-bond acceptors (Lipinski definition) is 3. The fourth-order valence-electron chi connectivity index (χ4n) is 2.58. The van der Waals surface area contributed by atoms with Gasteiger partial charge in [-0.15, -0.1) is 0 Å². The number of benzene rings is 1. The zero-order valence-electron chi connectivity index (χ0n) is 11.5. The number of carboxylic acid groups (broad SMARTS) is 1. The van der Waals surface area contributed by atoms with Gasteiger partial charge in [0.15, 0.2) is 0 Å². The van der Waals surface area contributed by atoms with Crippen LogP contribution in [0.2, 0.25) is 0 Å². The molecule has 0 amide bonds. The van der Waals surface area contributed by atoms with Gasteiger partial charge in [0.2, 0.25) is 0 Å². The number of nitrogens with one attached hydrogen (secondary N) is 1. The first-order chi connectivity index (χ1) is 9.09. The van der Waals surface area contributed by atoms with Crippen molar-refractivity contribution in [3.63, 3.8) is 0 Å². The lowest BCUT2D eigenvalue weighted by Crippen LogP contribution is -2.46. The molecule has 1 aromatic carbocycles. The second kappa shape index (κ2) is 5.61. The van der Waals surface area contributed by atoms with Crippen molar-refractivity contribution in [2.75, 3.05) is 13.7 Å². The molecule has 0 aliphatic heterocycles. The minimum atomic E-state index is -0.673. The van der Waals surface area contributed by atoms with Gasteiger partial charge in [-0.25, -0.2) is 0 Å². The summed E-state index contributed by atoms with van der Waals surface area (Å²) in [5.74, 6) is 0.199. The van der Waals surface area contributed by atoms with E-state index in [0.717, 1.165) is 36.1 Å². The zero-order chi connectivity index (χ0) is 13.9. The molecule has 4 heteroatoms. The maximum Gasteiger partial charge on any atom is 0.310 e. The molecule has 104 valence electrons. The largest absolute Gasteiger partial charge is 0.496 e. The molecule has 19 heavy (non-hydrogen) atoms. The first kappa shape index (κ1) is 13.9. The fraction of sp³-hybridized carbons (Fsp3) is 0.533. The highest BCUT2D eigenvalue weighted by molar-refractivity contribution is 5.76. The Morgan fingerprint density at radius 3 is 2.74 bits per heavy atom.